The number of anilines is 1. The number of nitrogens with zero attached hydrogens (tertiary/aromatic N) is 1. The van der Waals surface area contributed by atoms with Crippen LogP contribution < -0.4 is 16.4 Å². The summed E-state index contributed by atoms with van der Waals surface area (Å²) in [6.45, 7) is -1.37. The molecule has 0 atom stereocenters. The summed E-state index contributed by atoms with van der Waals surface area (Å²) < 4.78 is 35.1. The molecule has 1 rings (SSSR count). The first-order valence-electron chi connectivity index (χ1n) is 4.24. The Bertz CT molecular complexity index is 361. The summed E-state index contributed by atoms with van der Waals surface area (Å²) in [6, 6.07) is -0.919. The highest BCUT2D eigenvalue weighted by Gasteiger charge is 2.27. The van der Waals surface area contributed by atoms with E-state index in [0.717, 1.165) is 0 Å². The maximum absolute atomic E-state index is 11.7. The van der Waals surface area contributed by atoms with Crippen LogP contribution in [0.1, 0.15) is 5.56 Å². The lowest BCUT2D eigenvalue weighted by Crippen LogP contribution is -2.40. The van der Waals surface area contributed by atoms with Gasteiger partial charge in [-0.15, -0.1) is 0 Å². The van der Waals surface area contributed by atoms with Gasteiger partial charge < -0.3 is 16.4 Å². The zero-order valence-corrected chi connectivity index (χ0v) is 8.06. The van der Waals surface area contributed by atoms with E-state index in [4.69, 9.17) is 5.73 Å². The van der Waals surface area contributed by atoms with Gasteiger partial charge in [0.1, 0.15) is 12.4 Å². The molecule has 2 amide bonds. The number of nitrogens with two attached hydrogens (primary N) is 1. The molecule has 90 valence electrons. The zero-order valence-electron chi connectivity index (χ0n) is 8.06. The standard InChI is InChI=1S/C7H10F3N5O/c8-7(9,10)3-13-6(16)12-1-4-2-14-15-5(4)11/h2H,1,3H2,(H3,11,14,15)(H2,12,13,16). The van der Waals surface area contributed by atoms with Gasteiger partial charge in [0.25, 0.3) is 0 Å². The van der Waals surface area contributed by atoms with Gasteiger partial charge >= 0.3 is 12.2 Å². The molecule has 0 aliphatic heterocycles. The van der Waals surface area contributed by atoms with E-state index in [2.05, 4.69) is 15.5 Å². The molecule has 1 aromatic heterocycles. The van der Waals surface area contributed by atoms with Crippen LogP contribution in [0.2, 0.25) is 0 Å². The summed E-state index contributed by atoms with van der Waals surface area (Å²) in [5.74, 6) is 0.260. The Hall–Kier alpha value is -1.93. The van der Waals surface area contributed by atoms with Crippen LogP contribution in [0.3, 0.4) is 0 Å². The Morgan fingerprint density at radius 3 is 2.69 bits per heavy atom. The fraction of sp³-hybridized carbons (Fsp3) is 0.429. The third-order valence-electron chi connectivity index (χ3n) is 1.64. The maximum atomic E-state index is 11.7. The number of alkyl halides is 3. The van der Waals surface area contributed by atoms with Crippen molar-refractivity contribution in [2.45, 2.75) is 12.7 Å². The molecule has 0 saturated heterocycles. The Balaban J connectivity index is 2.29. The van der Waals surface area contributed by atoms with Gasteiger partial charge in [0.15, 0.2) is 0 Å². The van der Waals surface area contributed by atoms with Crippen molar-refractivity contribution in [2.24, 2.45) is 0 Å². The van der Waals surface area contributed by atoms with Crippen molar-refractivity contribution in [3.63, 3.8) is 0 Å². The van der Waals surface area contributed by atoms with Crippen molar-refractivity contribution in [3.05, 3.63) is 11.8 Å². The van der Waals surface area contributed by atoms with Crippen LogP contribution in [0, 0.1) is 0 Å². The lowest BCUT2D eigenvalue weighted by molar-refractivity contribution is -0.122. The van der Waals surface area contributed by atoms with E-state index < -0.39 is 18.8 Å². The normalized spacial score (nSPS) is 11.2. The first-order chi connectivity index (χ1) is 7.38. The van der Waals surface area contributed by atoms with E-state index in [1.54, 1.807) is 5.32 Å². The van der Waals surface area contributed by atoms with Crippen LogP contribution in [0.25, 0.3) is 0 Å². The number of urea groups is 1. The molecule has 0 aliphatic carbocycles. The second-order valence-corrected chi connectivity index (χ2v) is 2.96. The molecule has 1 heterocycles. The fourth-order valence-corrected chi connectivity index (χ4v) is 0.880. The molecule has 0 spiro atoms. The van der Waals surface area contributed by atoms with E-state index in [1.807, 2.05) is 0 Å². The SMILES string of the molecule is Nc1[nH]ncc1CNC(=O)NCC(F)(F)F. The molecule has 16 heavy (non-hydrogen) atoms. The van der Waals surface area contributed by atoms with Gasteiger partial charge in [-0.2, -0.15) is 18.3 Å². The Kier molecular flexibility index (Phi) is 3.59. The number of carbonyl (C=O) groups excluding carboxylic acids is 1. The molecule has 0 aliphatic rings. The van der Waals surface area contributed by atoms with Crippen LogP contribution in [-0.2, 0) is 6.54 Å². The smallest absolute Gasteiger partial charge is 0.384 e. The predicted molar refractivity (Wildman–Crippen MR) is 49.3 cm³/mol. The second-order valence-electron chi connectivity index (χ2n) is 2.96. The van der Waals surface area contributed by atoms with Gasteiger partial charge in [-0.25, -0.2) is 4.79 Å². The van der Waals surface area contributed by atoms with Crippen LogP contribution in [0.4, 0.5) is 23.8 Å². The van der Waals surface area contributed by atoms with Gasteiger partial charge in [-0.3, -0.25) is 5.10 Å². The van der Waals surface area contributed by atoms with Crippen LogP contribution in [0.5, 0.6) is 0 Å². The summed E-state index contributed by atoms with van der Waals surface area (Å²) in [6.07, 6.45) is -3.05. The molecular weight excluding hydrogens is 227 g/mol. The van der Waals surface area contributed by atoms with Crippen molar-refractivity contribution in [3.8, 4) is 0 Å². The van der Waals surface area contributed by atoms with Crippen molar-refractivity contribution < 1.29 is 18.0 Å². The summed E-state index contributed by atoms with van der Waals surface area (Å²) in [5, 5.41) is 9.87. The summed E-state index contributed by atoms with van der Waals surface area (Å²) in [5.41, 5.74) is 5.90. The van der Waals surface area contributed by atoms with Crippen molar-refractivity contribution in [2.75, 3.05) is 12.3 Å². The number of carbonyl (C=O) groups is 1. The average molecular weight is 237 g/mol. The fourth-order valence-electron chi connectivity index (χ4n) is 0.880. The first-order valence-corrected chi connectivity index (χ1v) is 4.24. The minimum absolute atomic E-state index is 0.00598. The highest BCUT2D eigenvalue weighted by Crippen LogP contribution is 2.12. The lowest BCUT2D eigenvalue weighted by atomic mass is 10.3. The molecule has 0 fully saturated rings. The van der Waals surface area contributed by atoms with Crippen molar-refractivity contribution >= 4 is 11.8 Å². The van der Waals surface area contributed by atoms with Crippen LogP contribution in [-0.4, -0.2) is 28.9 Å². The Labute approximate surface area is 88.4 Å². The maximum Gasteiger partial charge on any atom is 0.405 e. The van der Waals surface area contributed by atoms with Crippen LogP contribution >= 0.6 is 0 Å². The number of aromatic amines is 1. The third kappa shape index (κ3) is 4.07. The molecule has 0 unspecified atom stereocenters. The average Bonchev–Trinajstić information content (AvgIpc) is 2.57. The number of nitrogens with one attached hydrogen (secondary N) is 3. The molecule has 0 radical (unpaired) electrons. The zero-order chi connectivity index (χ0) is 12.2. The number of hydrogen-bond acceptors (Lipinski definition) is 3. The van der Waals surface area contributed by atoms with Gasteiger partial charge in [0.05, 0.1) is 6.20 Å². The number of halogens is 3. The monoisotopic (exact) mass is 237 g/mol. The van der Waals surface area contributed by atoms with E-state index in [9.17, 15) is 18.0 Å². The van der Waals surface area contributed by atoms with E-state index >= 15 is 0 Å². The van der Waals surface area contributed by atoms with Gasteiger partial charge in [-0.05, 0) is 0 Å². The molecule has 5 N–H and O–H groups in total. The largest absolute Gasteiger partial charge is 0.405 e. The number of amides is 2. The first kappa shape index (κ1) is 12.1. The van der Waals surface area contributed by atoms with Crippen molar-refractivity contribution in [1.29, 1.82) is 0 Å². The second kappa shape index (κ2) is 4.73. The lowest BCUT2D eigenvalue weighted by Gasteiger charge is -2.09. The van der Waals surface area contributed by atoms with E-state index in [-0.39, 0.29) is 12.4 Å². The minimum Gasteiger partial charge on any atom is -0.384 e. The number of aromatic nitrogens is 2. The van der Waals surface area contributed by atoms with E-state index in [0.29, 0.717) is 5.56 Å². The molecule has 0 saturated carbocycles. The molecule has 0 aromatic carbocycles. The summed E-state index contributed by atoms with van der Waals surface area (Å²) >= 11 is 0. The van der Waals surface area contributed by atoms with Gasteiger partial charge in [-0.1, -0.05) is 0 Å². The molecule has 0 bridgehead atoms. The number of rotatable bonds is 3. The molecule has 6 nitrogen and oxygen atoms in total. The summed E-state index contributed by atoms with van der Waals surface area (Å²) in [7, 11) is 0. The van der Waals surface area contributed by atoms with Gasteiger partial charge in [0.2, 0.25) is 0 Å². The highest BCUT2D eigenvalue weighted by atomic mass is 19.4. The highest BCUT2D eigenvalue weighted by molar-refractivity contribution is 5.74. The molecule has 1 aromatic rings. The Morgan fingerprint density at radius 2 is 2.19 bits per heavy atom. The number of nitrogen functional groups attached to an aromatic ring is 1. The van der Waals surface area contributed by atoms with Gasteiger partial charge in [0, 0.05) is 12.1 Å². The minimum atomic E-state index is -4.42. The van der Waals surface area contributed by atoms with E-state index in [1.165, 1.54) is 6.20 Å². The Morgan fingerprint density at radius 1 is 1.50 bits per heavy atom. The van der Waals surface area contributed by atoms with Crippen LogP contribution in [0.15, 0.2) is 6.20 Å². The topological polar surface area (TPSA) is 95.8 Å². The third-order valence-corrected chi connectivity index (χ3v) is 1.64. The molecular formula is C7H10F3N5O. The quantitative estimate of drug-likeness (QED) is 0.611. The number of H-pyrrole nitrogens is 1. The van der Waals surface area contributed by atoms with Crippen molar-refractivity contribution in [1.82, 2.24) is 20.8 Å². The number of hydrogen-bond donors (Lipinski definition) is 4. The predicted octanol–water partition coefficient (Wildman–Crippen LogP) is 0.353. The molecule has 9 heteroatoms. The summed E-state index contributed by atoms with van der Waals surface area (Å²) in [4.78, 5) is 10.9.